The van der Waals surface area contributed by atoms with Gasteiger partial charge in [-0.05, 0) is 80.3 Å². The monoisotopic (exact) mass is 649 g/mol. The van der Waals surface area contributed by atoms with Crippen LogP contribution in [0.1, 0.15) is 73.7 Å². The lowest BCUT2D eigenvalue weighted by atomic mass is 9.63. The quantitative estimate of drug-likeness (QED) is 0.354. The van der Waals surface area contributed by atoms with Crippen molar-refractivity contribution in [1.82, 2.24) is 10.2 Å². The van der Waals surface area contributed by atoms with E-state index in [-0.39, 0.29) is 51.0 Å². The number of sulfonamides is 1. The van der Waals surface area contributed by atoms with Crippen LogP contribution in [0.2, 0.25) is 5.02 Å². The number of halogens is 4. The smallest absolute Gasteiger partial charge is 0.351 e. The van der Waals surface area contributed by atoms with Crippen molar-refractivity contribution in [2.75, 3.05) is 23.9 Å². The van der Waals surface area contributed by atoms with Gasteiger partial charge in [0, 0.05) is 24.7 Å². The van der Waals surface area contributed by atoms with Crippen molar-refractivity contribution in [2.24, 2.45) is 10.8 Å². The normalized spacial score (nSPS) is 25.5. The number of nitrogens with zero attached hydrogens (tertiary/aromatic N) is 2. The molecule has 6 rings (SSSR count). The number of anilines is 1. The van der Waals surface area contributed by atoms with Crippen molar-refractivity contribution < 1.29 is 31.2 Å². The van der Waals surface area contributed by atoms with Crippen LogP contribution >= 0.6 is 11.6 Å². The second-order valence-corrected chi connectivity index (χ2v) is 15.0. The van der Waals surface area contributed by atoms with Gasteiger partial charge in [0.25, 0.3) is 15.9 Å². The number of fused-ring (bicyclic) bond motifs is 4. The predicted octanol–water partition coefficient (Wildman–Crippen LogP) is 6.58. The number of piperidine rings is 1. The minimum Gasteiger partial charge on any atom is -0.351 e. The van der Waals surface area contributed by atoms with Gasteiger partial charge in [0.15, 0.2) is 0 Å². The van der Waals surface area contributed by atoms with Crippen LogP contribution in [0.15, 0.2) is 59.5 Å². The third kappa shape index (κ3) is 5.73. The number of nitrogens with one attached hydrogen (secondary N) is 1. The fourth-order valence-corrected chi connectivity index (χ4v) is 9.30. The van der Waals surface area contributed by atoms with Gasteiger partial charge in [0.2, 0.25) is 5.91 Å². The van der Waals surface area contributed by atoms with Gasteiger partial charge in [-0.15, -0.1) is 0 Å². The number of amides is 2. The van der Waals surface area contributed by atoms with E-state index in [0.717, 1.165) is 61.0 Å². The zero-order valence-corrected chi connectivity index (χ0v) is 25.8. The minimum absolute atomic E-state index is 0.0587. The third-order valence-electron chi connectivity index (χ3n) is 9.88. The average Bonchev–Trinajstić information content (AvgIpc) is 3.45. The van der Waals surface area contributed by atoms with Gasteiger partial charge in [0.1, 0.15) is 4.90 Å². The Kier molecular flexibility index (Phi) is 8.01. The summed E-state index contributed by atoms with van der Waals surface area (Å²) in [5.74, 6) is -0.437. The van der Waals surface area contributed by atoms with Crippen molar-refractivity contribution in [3.63, 3.8) is 0 Å². The molecule has 4 aliphatic rings. The Labute approximate surface area is 260 Å². The van der Waals surface area contributed by atoms with Gasteiger partial charge in [0.05, 0.1) is 28.2 Å². The molecule has 236 valence electrons. The summed E-state index contributed by atoms with van der Waals surface area (Å²) in [5, 5.41) is 3.14. The molecule has 2 amide bonds. The van der Waals surface area contributed by atoms with E-state index in [0.29, 0.717) is 32.4 Å². The van der Waals surface area contributed by atoms with E-state index in [1.54, 1.807) is 17.1 Å². The van der Waals surface area contributed by atoms with E-state index < -0.39 is 27.2 Å². The van der Waals surface area contributed by atoms with Gasteiger partial charge < -0.3 is 10.2 Å². The molecular weight excluding hydrogens is 615 g/mol. The largest absolute Gasteiger partial charge is 0.416 e. The lowest BCUT2D eigenvalue weighted by molar-refractivity contribution is -0.137. The summed E-state index contributed by atoms with van der Waals surface area (Å²) in [7, 11) is -4.54. The molecular formula is C32H35ClF3N3O4S. The Morgan fingerprint density at radius 2 is 1.70 bits per heavy atom. The van der Waals surface area contributed by atoms with E-state index in [9.17, 15) is 31.2 Å². The van der Waals surface area contributed by atoms with E-state index in [1.807, 2.05) is 0 Å². The number of hydrogen-bond acceptors (Lipinski definition) is 4. The van der Waals surface area contributed by atoms with Crippen LogP contribution in [0.3, 0.4) is 0 Å². The molecule has 0 radical (unpaired) electrons. The van der Waals surface area contributed by atoms with Crippen molar-refractivity contribution in [1.29, 1.82) is 0 Å². The second kappa shape index (κ2) is 11.4. The van der Waals surface area contributed by atoms with Crippen LogP contribution in [-0.2, 0) is 21.0 Å². The molecule has 44 heavy (non-hydrogen) atoms. The molecule has 1 saturated heterocycles. The molecule has 1 N–H and O–H groups in total. The van der Waals surface area contributed by atoms with E-state index in [2.05, 4.69) is 5.32 Å². The maximum Gasteiger partial charge on any atom is 0.416 e. The Hall–Kier alpha value is -3.05. The summed E-state index contributed by atoms with van der Waals surface area (Å²) in [4.78, 5) is 29.1. The maximum absolute atomic E-state index is 14.2. The van der Waals surface area contributed by atoms with Gasteiger partial charge in [-0.2, -0.15) is 13.2 Å². The number of carbonyl (C=O) groups excluding carboxylic acids is 2. The fourth-order valence-electron chi connectivity index (χ4n) is 7.39. The van der Waals surface area contributed by atoms with Gasteiger partial charge in [-0.1, -0.05) is 49.1 Å². The fraction of sp³-hybridized carbons (Fsp3) is 0.500. The topological polar surface area (TPSA) is 86.8 Å². The molecule has 1 atom stereocenters. The number of allylic oxidation sites excluding steroid dienone is 1. The predicted molar refractivity (Wildman–Crippen MR) is 161 cm³/mol. The zero-order chi connectivity index (χ0) is 31.3. The number of hydrogen-bond donors (Lipinski definition) is 1. The minimum atomic E-state index is -4.69. The first-order chi connectivity index (χ1) is 20.8. The molecule has 1 unspecified atom stereocenters. The van der Waals surface area contributed by atoms with Crippen LogP contribution in [0.25, 0.3) is 0 Å². The Balaban J connectivity index is 1.46. The molecule has 4 bridgehead atoms. The molecule has 2 saturated carbocycles. The molecule has 2 aliphatic carbocycles. The first kappa shape index (κ1) is 31.0. The second-order valence-electron chi connectivity index (χ2n) is 12.8. The highest BCUT2D eigenvalue weighted by Crippen LogP contribution is 2.48. The van der Waals surface area contributed by atoms with E-state index in [4.69, 9.17) is 11.6 Å². The van der Waals surface area contributed by atoms with Crippen LogP contribution in [0.5, 0.6) is 0 Å². The van der Waals surface area contributed by atoms with Crippen LogP contribution < -0.4 is 9.62 Å². The summed E-state index contributed by atoms with van der Waals surface area (Å²) in [6.07, 6.45) is 5.88. The van der Waals surface area contributed by atoms with Crippen LogP contribution in [-0.4, -0.2) is 50.8 Å². The Bertz CT molecular complexity index is 1600. The molecule has 2 aromatic carbocycles. The SMILES string of the molecule is O=C1c2ccc(Cl)c(c2)S(=O)(=O)N(c2cccc(C(F)(F)F)c2)C/C=C/CC2(CCCC2)C(=O)NC2CN1CC1(CCC1)C2. The number of benzene rings is 2. The van der Waals surface area contributed by atoms with Gasteiger partial charge in [-0.25, -0.2) is 8.42 Å². The van der Waals surface area contributed by atoms with Gasteiger partial charge in [-0.3, -0.25) is 13.9 Å². The Morgan fingerprint density at radius 1 is 0.955 bits per heavy atom. The van der Waals surface area contributed by atoms with Crippen molar-refractivity contribution in [3.8, 4) is 0 Å². The molecule has 3 fully saturated rings. The third-order valence-corrected chi connectivity index (χ3v) is 12.2. The summed E-state index contributed by atoms with van der Waals surface area (Å²) < 4.78 is 70.2. The molecule has 2 spiro atoms. The number of alkyl halides is 3. The van der Waals surface area contributed by atoms with E-state index in [1.165, 1.54) is 24.3 Å². The number of rotatable bonds is 1. The standard InChI is InChI=1S/C32H35ClF3N3O4S/c33-26-10-9-22-17-27(26)44(42,43)39(25-8-5-7-23(18-25)32(34,35)36)16-4-3-15-31(13-1-2-14-31)29(41)37-24-19-30(11-6-12-30)21-38(20-24)28(22)40/h3-5,7-10,17-18,24H,1-2,6,11-16,19-21H2,(H,37,41)/b4-3+. The van der Waals surface area contributed by atoms with Crippen LogP contribution in [0.4, 0.5) is 18.9 Å². The molecule has 2 aromatic rings. The maximum atomic E-state index is 14.2. The first-order valence-electron chi connectivity index (χ1n) is 15.1. The zero-order valence-electron chi connectivity index (χ0n) is 24.2. The summed E-state index contributed by atoms with van der Waals surface area (Å²) >= 11 is 6.42. The molecule has 2 heterocycles. The lowest BCUT2D eigenvalue weighted by Crippen LogP contribution is -2.59. The lowest BCUT2D eigenvalue weighted by Gasteiger charge is -2.52. The Morgan fingerprint density at radius 3 is 2.39 bits per heavy atom. The number of carbonyl (C=O) groups is 2. The summed E-state index contributed by atoms with van der Waals surface area (Å²) in [6.45, 7) is 0.513. The van der Waals surface area contributed by atoms with Crippen molar-refractivity contribution in [3.05, 3.63) is 70.8 Å². The molecule has 0 aromatic heterocycles. The molecule has 12 heteroatoms. The highest BCUT2D eigenvalue weighted by molar-refractivity contribution is 7.93. The first-order valence-corrected chi connectivity index (χ1v) is 16.9. The van der Waals surface area contributed by atoms with Crippen molar-refractivity contribution in [2.45, 2.75) is 74.9 Å². The van der Waals surface area contributed by atoms with Crippen molar-refractivity contribution >= 4 is 39.1 Å². The molecule has 2 aliphatic heterocycles. The van der Waals surface area contributed by atoms with Crippen LogP contribution in [0, 0.1) is 10.8 Å². The molecule has 7 nitrogen and oxygen atoms in total. The summed E-state index contributed by atoms with van der Waals surface area (Å²) in [5.41, 5.74) is -1.85. The average molecular weight is 650 g/mol. The van der Waals surface area contributed by atoms with E-state index >= 15 is 0 Å². The summed E-state index contributed by atoms with van der Waals surface area (Å²) in [6, 6.07) is 7.88. The highest BCUT2D eigenvalue weighted by atomic mass is 35.5. The van der Waals surface area contributed by atoms with Gasteiger partial charge >= 0.3 is 6.18 Å². The highest BCUT2D eigenvalue weighted by Gasteiger charge is 2.48.